The number of methoxy groups -OCH3 is 1. The summed E-state index contributed by atoms with van der Waals surface area (Å²) in [7, 11) is 3.40. The highest BCUT2D eigenvalue weighted by molar-refractivity contribution is 5.96. The molecule has 0 unspecified atom stereocenters. The maximum absolute atomic E-state index is 13.7. The highest BCUT2D eigenvalue weighted by Gasteiger charge is 2.12. The van der Waals surface area contributed by atoms with Crippen molar-refractivity contribution in [2.75, 3.05) is 7.11 Å². The molecule has 0 aliphatic heterocycles. The number of aromatic nitrogens is 1. The molecule has 1 heterocycles. The lowest BCUT2D eigenvalue weighted by Gasteiger charge is -2.05. The minimum Gasteiger partial charge on any atom is -0.494 e. The summed E-state index contributed by atoms with van der Waals surface area (Å²) in [5, 5.41) is 1.16. The number of ketones is 1. The molecule has 0 fully saturated rings. The van der Waals surface area contributed by atoms with Crippen LogP contribution in [0.15, 0.2) is 48.7 Å². The molecule has 0 atom stereocenters. The summed E-state index contributed by atoms with van der Waals surface area (Å²) in [6.07, 6.45) is 3.03. The van der Waals surface area contributed by atoms with Crippen LogP contribution in [0.2, 0.25) is 0 Å². The third-order valence-electron chi connectivity index (χ3n) is 4.07. The van der Waals surface area contributed by atoms with E-state index in [0.717, 1.165) is 16.5 Å². The van der Waals surface area contributed by atoms with Crippen molar-refractivity contribution in [2.45, 2.75) is 12.8 Å². The Hall–Kier alpha value is -2.62. The second-order valence-corrected chi connectivity index (χ2v) is 5.55. The molecule has 0 N–H and O–H groups in total. The highest BCUT2D eigenvalue weighted by Crippen LogP contribution is 2.23. The molecule has 0 aliphatic rings. The van der Waals surface area contributed by atoms with Crippen LogP contribution in [-0.4, -0.2) is 17.5 Å². The summed E-state index contributed by atoms with van der Waals surface area (Å²) in [5.41, 5.74) is 2.65. The summed E-state index contributed by atoms with van der Waals surface area (Å²) in [6, 6.07) is 12.4. The van der Waals surface area contributed by atoms with Gasteiger partial charge in [-0.25, -0.2) is 4.39 Å². The fourth-order valence-corrected chi connectivity index (χ4v) is 2.86. The summed E-state index contributed by atoms with van der Waals surface area (Å²) < 4.78 is 20.6. The average molecular weight is 311 g/mol. The molecule has 0 bridgehead atoms. The standard InChI is InChI=1S/C19H18FNO2/c1-21-12-14(15-5-3-4-6-17(15)21)7-9-18(22)13-8-10-19(23-2)16(20)11-13/h3-6,8,10-12H,7,9H2,1-2H3. The van der Waals surface area contributed by atoms with Gasteiger partial charge in [-0.2, -0.15) is 0 Å². The number of para-hydroxylation sites is 1. The van der Waals surface area contributed by atoms with Gasteiger partial charge in [0.25, 0.3) is 0 Å². The SMILES string of the molecule is COc1ccc(C(=O)CCc2cn(C)c3ccccc23)cc1F. The van der Waals surface area contributed by atoms with Crippen molar-refractivity contribution in [3.8, 4) is 5.75 Å². The van der Waals surface area contributed by atoms with E-state index in [-0.39, 0.29) is 11.5 Å². The molecular weight excluding hydrogens is 293 g/mol. The van der Waals surface area contributed by atoms with Crippen LogP contribution in [0.4, 0.5) is 4.39 Å². The topological polar surface area (TPSA) is 31.2 Å². The third-order valence-corrected chi connectivity index (χ3v) is 4.07. The second-order valence-electron chi connectivity index (χ2n) is 5.55. The number of carbonyl (C=O) groups is 1. The number of carbonyl (C=O) groups excluding carboxylic acids is 1. The first kappa shape index (κ1) is 15.3. The van der Waals surface area contributed by atoms with E-state index < -0.39 is 5.82 Å². The molecule has 2 aromatic carbocycles. The minimum absolute atomic E-state index is 0.0699. The molecule has 0 saturated heterocycles. The van der Waals surface area contributed by atoms with Crippen molar-refractivity contribution in [1.29, 1.82) is 0 Å². The summed E-state index contributed by atoms with van der Waals surface area (Å²) in [4.78, 5) is 12.3. The van der Waals surface area contributed by atoms with Crippen molar-refractivity contribution >= 4 is 16.7 Å². The Bertz CT molecular complexity index is 867. The van der Waals surface area contributed by atoms with Crippen LogP contribution in [0.25, 0.3) is 10.9 Å². The van der Waals surface area contributed by atoms with Crippen molar-refractivity contribution in [3.63, 3.8) is 0 Å². The number of rotatable bonds is 5. The van der Waals surface area contributed by atoms with Gasteiger partial charge in [-0.15, -0.1) is 0 Å². The largest absolute Gasteiger partial charge is 0.494 e. The summed E-state index contributed by atoms with van der Waals surface area (Å²) >= 11 is 0. The third kappa shape index (κ3) is 2.97. The van der Waals surface area contributed by atoms with E-state index in [2.05, 4.69) is 16.7 Å². The Morgan fingerprint density at radius 3 is 2.74 bits per heavy atom. The van der Waals surface area contributed by atoms with E-state index in [0.29, 0.717) is 18.4 Å². The van der Waals surface area contributed by atoms with Crippen LogP contribution in [0.5, 0.6) is 5.75 Å². The number of fused-ring (bicyclic) bond motifs is 1. The monoisotopic (exact) mass is 311 g/mol. The smallest absolute Gasteiger partial charge is 0.165 e. The zero-order valence-electron chi connectivity index (χ0n) is 13.2. The van der Waals surface area contributed by atoms with Crippen LogP contribution < -0.4 is 4.74 Å². The van der Waals surface area contributed by atoms with E-state index >= 15 is 0 Å². The van der Waals surface area contributed by atoms with Crippen LogP contribution in [0.3, 0.4) is 0 Å². The van der Waals surface area contributed by atoms with Crippen LogP contribution >= 0.6 is 0 Å². The molecule has 3 rings (SSSR count). The van der Waals surface area contributed by atoms with Crippen molar-refractivity contribution in [3.05, 3.63) is 65.6 Å². The van der Waals surface area contributed by atoms with Gasteiger partial charge in [0.2, 0.25) is 0 Å². The number of hydrogen-bond donors (Lipinski definition) is 0. The summed E-state index contributed by atoms with van der Waals surface area (Å²) in [6.45, 7) is 0. The highest BCUT2D eigenvalue weighted by atomic mass is 19.1. The van der Waals surface area contributed by atoms with Gasteiger partial charge in [0.05, 0.1) is 7.11 Å². The maximum atomic E-state index is 13.7. The van der Waals surface area contributed by atoms with Crippen molar-refractivity contribution in [1.82, 2.24) is 4.57 Å². The van der Waals surface area contributed by atoms with E-state index in [1.807, 2.05) is 25.4 Å². The normalized spacial score (nSPS) is 10.9. The first-order valence-electron chi connectivity index (χ1n) is 7.50. The van der Waals surface area contributed by atoms with Gasteiger partial charge in [-0.1, -0.05) is 18.2 Å². The molecule has 23 heavy (non-hydrogen) atoms. The number of aryl methyl sites for hydroxylation is 2. The zero-order chi connectivity index (χ0) is 16.4. The quantitative estimate of drug-likeness (QED) is 0.663. The number of nitrogens with zero attached hydrogens (tertiary/aromatic N) is 1. The molecule has 0 radical (unpaired) electrons. The predicted molar refractivity (Wildman–Crippen MR) is 88.5 cm³/mol. The molecular formula is C19H18FNO2. The molecule has 1 aromatic heterocycles. The molecule has 0 amide bonds. The lowest BCUT2D eigenvalue weighted by Crippen LogP contribution is -2.02. The average Bonchev–Trinajstić information content (AvgIpc) is 2.89. The van der Waals surface area contributed by atoms with E-state index in [1.54, 1.807) is 6.07 Å². The van der Waals surface area contributed by atoms with Gasteiger partial charge in [-0.05, 0) is 36.2 Å². The van der Waals surface area contributed by atoms with E-state index in [1.165, 1.54) is 19.2 Å². The van der Waals surface area contributed by atoms with Gasteiger partial charge < -0.3 is 9.30 Å². The van der Waals surface area contributed by atoms with Crippen LogP contribution in [-0.2, 0) is 13.5 Å². The second kappa shape index (κ2) is 6.24. The number of ether oxygens (including phenoxy) is 1. The van der Waals surface area contributed by atoms with Gasteiger partial charge in [0.1, 0.15) is 0 Å². The molecule has 3 aromatic rings. The van der Waals surface area contributed by atoms with E-state index in [4.69, 9.17) is 4.74 Å². The zero-order valence-corrected chi connectivity index (χ0v) is 13.2. The lowest BCUT2D eigenvalue weighted by atomic mass is 10.0. The fourth-order valence-electron chi connectivity index (χ4n) is 2.86. The Labute approximate surface area is 134 Å². The predicted octanol–water partition coefficient (Wildman–Crippen LogP) is 4.14. The Kier molecular flexibility index (Phi) is 4.15. The Morgan fingerprint density at radius 2 is 2.00 bits per heavy atom. The lowest BCUT2D eigenvalue weighted by molar-refractivity contribution is 0.0982. The molecule has 0 saturated carbocycles. The van der Waals surface area contributed by atoms with Crippen LogP contribution in [0, 0.1) is 5.82 Å². The number of hydrogen-bond acceptors (Lipinski definition) is 2. The van der Waals surface area contributed by atoms with E-state index in [9.17, 15) is 9.18 Å². The first-order chi connectivity index (χ1) is 11.1. The Morgan fingerprint density at radius 1 is 1.22 bits per heavy atom. The number of halogens is 1. The number of benzene rings is 2. The molecule has 3 nitrogen and oxygen atoms in total. The first-order valence-corrected chi connectivity index (χ1v) is 7.50. The molecule has 0 spiro atoms. The summed E-state index contributed by atoms with van der Waals surface area (Å²) in [5.74, 6) is -0.432. The minimum atomic E-state index is -0.511. The van der Waals surface area contributed by atoms with Crippen molar-refractivity contribution < 1.29 is 13.9 Å². The maximum Gasteiger partial charge on any atom is 0.165 e. The van der Waals surface area contributed by atoms with Crippen LogP contribution in [0.1, 0.15) is 22.3 Å². The van der Waals surface area contributed by atoms with Gasteiger partial charge >= 0.3 is 0 Å². The Balaban J connectivity index is 1.77. The van der Waals surface area contributed by atoms with Gasteiger partial charge in [0, 0.05) is 36.1 Å². The number of Topliss-reactive ketones (excluding diaryl/α,β-unsaturated/α-hetero) is 1. The van der Waals surface area contributed by atoms with Gasteiger partial charge in [0.15, 0.2) is 17.3 Å². The molecule has 0 aliphatic carbocycles. The molecule has 118 valence electrons. The fraction of sp³-hybridized carbons (Fsp3) is 0.211. The van der Waals surface area contributed by atoms with Crippen molar-refractivity contribution in [2.24, 2.45) is 7.05 Å². The van der Waals surface area contributed by atoms with Gasteiger partial charge in [-0.3, -0.25) is 4.79 Å². The molecule has 4 heteroatoms.